The number of carbonyl (C=O) groups excluding carboxylic acids is 2. The number of rotatable bonds is 1. The molecule has 13 heavy (non-hydrogen) atoms. The molecule has 0 fully saturated rings. The van der Waals surface area contributed by atoms with Gasteiger partial charge in [0, 0.05) is 13.3 Å². The molecule has 0 spiro atoms. The van der Waals surface area contributed by atoms with E-state index in [1.165, 1.54) is 18.3 Å². The maximum absolute atomic E-state index is 11.4. The molecule has 0 bridgehead atoms. The van der Waals surface area contributed by atoms with Gasteiger partial charge in [0.05, 0.1) is 10.6 Å². The molecule has 1 aromatic rings. The number of hydrogen-bond donors (Lipinski definition) is 0. The van der Waals surface area contributed by atoms with E-state index in [9.17, 15) is 9.59 Å². The Morgan fingerprint density at radius 1 is 1.46 bits per heavy atom. The number of ketones is 2. The zero-order chi connectivity index (χ0) is 9.42. The first-order valence-corrected chi connectivity index (χ1v) is 5.04. The first kappa shape index (κ1) is 8.56. The predicted molar refractivity (Wildman–Crippen MR) is 49.4 cm³/mol. The zero-order valence-electron chi connectivity index (χ0n) is 7.29. The van der Waals surface area contributed by atoms with Crippen LogP contribution in [0.15, 0.2) is 0 Å². The van der Waals surface area contributed by atoms with Crippen LogP contribution in [0.25, 0.3) is 0 Å². The molecule has 0 saturated heterocycles. The van der Waals surface area contributed by atoms with Crippen LogP contribution in [0.2, 0.25) is 0 Å². The molecule has 0 N–H and O–H groups in total. The molecule has 0 amide bonds. The molecule has 1 heterocycles. The van der Waals surface area contributed by atoms with Gasteiger partial charge in [0.2, 0.25) is 0 Å². The highest BCUT2D eigenvalue weighted by molar-refractivity contribution is 7.15. The molecular weight excluding hydrogens is 186 g/mol. The molecule has 0 aromatic carbocycles. The van der Waals surface area contributed by atoms with Crippen molar-refractivity contribution in [1.29, 1.82) is 0 Å². The van der Waals surface area contributed by atoms with Gasteiger partial charge in [0.25, 0.3) is 0 Å². The Morgan fingerprint density at radius 3 is 2.85 bits per heavy atom. The molecule has 68 valence electrons. The molecule has 0 aliphatic heterocycles. The lowest BCUT2D eigenvalue weighted by Gasteiger charge is -2.06. The summed E-state index contributed by atoms with van der Waals surface area (Å²) in [5, 5.41) is 0.472. The van der Waals surface area contributed by atoms with E-state index in [0.29, 0.717) is 16.3 Å². The van der Waals surface area contributed by atoms with Gasteiger partial charge in [-0.15, -0.1) is 11.3 Å². The number of carbonyl (C=O) groups is 2. The van der Waals surface area contributed by atoms with Gasteiger partial charge in [-0.1, -0.05) is 0 Å². The summed E-state index contributed by atoms with van der Waals surface area (Å²) in [5.74, 6) is 0.0958. The maximum Gasteiger partial charge on any atom is 0.188 e. The van der Waals surface area contributed by atoms with Gasteiger partial charge >= 0.3 is 0 Å². The van der Waals surface area contributed by atoms with Crippen LogP contribution in [0.1, 0.15) is 44.9 Å². The number of aromatic nitrogens is 1. The normalized spacial score (nSPS) is 15.6. The van der Waals surface area contributed by atoms with E-state index in [1.807, 2.05) is 0 Å². The van der Waals surface area contributed by atoms with E-state index in [1.54, 1.807) is 0 Å². The van der Waals surface area contributed by atoms with Crippen LogP contribution in [0.5, 0.6) is 0 Å². The molecule has 0 radical (unpaired) electrons. The Balaban J connectivity index is 2.48. The minimum atomic E-state index is -0.0489. The first-order chi connectivity index (χ1) is 6.18. The topological polar surface area (TPSA) is 47.0 Å². The van der Waals surface area contributed by atoms with E-state index in [4.69, 9.17) is 0 Å². The van der Waals surface area contributed by atoms with Gasteiger partial charge < -0.3 is 0 Å². The van der Waals surface area contributed by atoms with Gasteiger partial charge in [-0.05, 0) is 12.8 Å². The fraction of sp³-hybridized carbons (Fsp3) is 0.444. The van der Waals surface area contributed by atoms with Crippen molar-refractivity contribution < 1.29 is 9.59 Å². The van der Waals surface area contributed by atoms with Crippen LogP contribution in [0.3, 0.4) is 0 Å². The van der Waals surface area contributed by atoms with Crippen LogP contribution in [-0.4, -0.2) is 16.6 Å². The van der Waals surface area contributed by atoms with Gasteiger partial charge in [-0.2, -0.15) is 0 Å². The van der Waals surface area contributed by atoms with E-state index < -0.39 is 0 Å². The minimum Gasteiger partial charge on any atom is -0.293 e. The Morgan fingerprint density at radius 2 is 2.23 bits per heavy atom. The van der Waals surface area contributed by atoms with Crippen molar-refractivity contribution in [2.45, 2.75) is 26.2 Å². The third-order valence-electron chi connectivity index (χ3n) is 2.07. The summed E-state index contributed by atoms with van der Waals surface area (Å²) in [7, 11) is 0. The van der Waals surface area contributed by atoms with Crippen molar-refractivity contribution in [1.82, 2.24) is 4.98 Å². The van der Waals surface area contributed by atoms with Gasteiger partial charge in [-0.25, -0.2) is 4.98 Å². The Bertz CT molecular complexity index is 381. The standard InChI is InChI=1S/C9H9NO2S/c1-5(11)9-10-6-3-2-4-7(12)8(6)13-9/h2-4H2,1H3. The Labute approximate surface area is 79.8 Å². The number of aryl methyl sites for hydroxylation is 1. The fourth-order valence-electron chi connectivity index (χ4n) is 1.42. The lowest BCUT2D eigenvalue weighted by Crippen LogP contribution is -2.07. The number of fused-ring (bicyclic) bond motifs is 1. The molecular formula is C9H9NO2S. The average Bonchev–Trinajstić information content (AvgIpc) is 2.49. The fourth-order valence-corrected chi connectivity index (χ4v) is 2.39. The van der Waals surface area contributed by atoms with Crippen LogP contribution in [0, 0.1) is 0 Å². The number of nitrogens with zero attached hydrogens (tertiary/aromatic N) is 1. The smallest absolute Gasteiger partial charge is 0.188 e. The van der Waals surface area contributed by atoms with Crippen molar-refractivity contribution >= 4 is 22.9 Å². The van der Waals surface area contributed by atoms with Crippen molar-refractivity contribution in [2.75, 3.05) is 0 Å². The van der Waals surface area contributed by atoms with Crippen molar-refractivity contribution in [3.05, 3.63) is 15.6 Å². The average molecular weight is 195 g/mol. The minimum absolute atomic E-state index is 0.0489. The molecule has 1 aliphatic carbocycles. The molecule has 1 aromatic heterocycles. The quantitative estimate of drug-likeness (QED) is 0.642. The second-order valence-electron chi connectivity index (χ2n) is 3.13. The summed E-state index contributed by atoms with van der Waals surface area (Å²) in [5.41, 5.74) is 0.825. The molecule has 3 nitrogen and oxygen atoms in total. The molecule has 0 unspecified atom stereocenters. The van der Waals surface area contributed by atoms with E-state index in [2.05, 4.69) is 4.98 Å². The second-order valence-corrected chi connectivity index (χ2v) is 4.13. The summed E-state index contributed by atoms with van der Waals surface area (Å²) >= 11 is 1.24. The number of thiazole rings is 1. The maximum atomic E-state index is 11.4. The molecule has 0 atom stereocenters. The molecule has 1 aliphatic rings. The Kier molecular flexibility index (Phi) is 2.00. The summed E-state index contributed by atoms with van der Waals surface area (Å²) in [6.45, 7) is 1.48. The van der Waals surface area contributed by atoms with Gasteiger partial charge in [0.1, 0.15) is 0 Å². The van der Waals surface area contributed by atoms with E-state index in [-0.39, 0.29) is 11.6 Å². The van der Waals surface area contributed by atoms with Crippen molar-refractivity contribution in [3.63, 3.8) is 0 Å². The zero-order valence-corrected chi connectivity index (χ0v) is 8.11. The third kappa shape index (κ3) is 1.42. The monoisotopic (exact) mass is 195 g/mol. The molecule has 2 rings (SSSR count). The van der Waals surface area contributed by atoms with Crippen molar-refractivity contribution in [2.24, 2.45) is 0 Å². The Hall–Kier alpha value is -1.03. The lowest BCUT2D eigenvalue weighted by atomic mass is 10.0. The third-order valence-corrected chi connectivity index (χ3v) is 3.31. The first-order valence-electron chi connectivity index (χ1n) is 4.22. The highest BCUT2D eigenvalue weighted by atomic mass is 32.1. The second kappa shape index (κ2) is 3.03. The van der Waals surface area contributed by atoms with E-state index >= 15 is 0 Å². The highest BCUT2D eigenvalue weighted by Gasteiger charge is 2.22. The van der Waals surface area contributed by atoms with Crippen LogP contribution >= 0.6 is 11.3 Å². The number of Topliss-reactive ketones (excluding diaryl/α,β-unsaturated/α-hetero) is 2. The van der Waals surface area contributed by atoms with Gasteiger partial charge in [0.15, 0.2) is 16.6 Å². The largest absolute Gasteiger partial charge is 0.293 e. The number of hydrogen-bond acceptors (Lipinski definition) is 4. The summed E-state index contributed by atoms with van der Waals surface area (Å²) in [4.78, 5) is 27.2. The van der Waals surface area contributed by atoms with Crippen LogP contribution in [0.4, 0.5) is 0 Å². The van der Waals surface area contributed by atoms with E-state index in [0.717, 1.165) is 18.5 Å². The van der Waals surface area contributed by atoms with Crippen LogP contribution < -0.4 is 0 Å². The molecule has 0 saturated carbocycles. The summed E-state index contributed by atoms with van der Waals surface area (Å²) in [6, 6.07) is 0. The predicted octanol–water partition coefficient (Wildman–Crippen LogP) is 1.86. The summed E-state index contributed by atoms with van der Waals surface area (Å²) in [6.07, 6.45) is 2.31. The van der Waals surface area contributed by atoms with Crippen LogP contribution in [-0.2, 0) is 6.42 Å². The highest BCUT2D eigenvalue weighted by Crippen LogP contribution is 2.26. The van der Waals surface area contributed by atoms with Gasteiger partial charge in [-0.3, -0.25) is 9.59 Å². The lowest BCUT2D eigenvalue weighted by molar-refractivity contribution is 0.0974. The van der Waals surface area contributed by atoms with Crippen molar-refractivity contribution in [3.8, 4) is 0 Å². The summed E-state index contributed by atoms with van der Waals surface area (Å²) < 4.78 is 0. The SMILES string of the molecule is CC(=O)c1nc2c(s1)C(=O)CCC2. The molecule has 4 heteroatoms.